The summed E-state index contributed by atoms with van der Waals surface area (Å²) in [4.78, 5) is 7.25. The Morgan fingerprint density at radius 3 is 2.88 bits per heavy atom. The number of H-pyrrole nitrogens is 1. The van der Waals surface area contributed by atoms with E-state index in [1.54, 1.807) is 6.20 Å². The van der Waals surface area contributed by atoms with E-state index in [9.17, 15) is 0 Å². The lowest BCUT2D eigenvalue weighted by atomic mass is 10.0. The van der Waals surface area contributed by atoms with E-state index in [0.717, 1.165) is 18.9 Å². The van der Waals surface area contributed by atoms with E-state index in [1.165, 1.54) is 16.7 Å². The van der Waals surface area contributed by atoms with Gasteiger partial charge in [0.15, 0.2) is 0 Å². The third kappa shape index (κ3) is 2.49. The molecule has 0 unspecified atom stereocenters. The maximum Gasteiger partial charge on any atom is 0.120 e. The van der Waals surface area contributed by atoms with Crippen LogP contribution < -0.4 is 5.32 Å². The largest absolute Gasteiger partial charge is 0.348 e. The Morgan fingerprint density at radius 2 is 2.12 bits per heavy atom. The average Bonchev–Trinajstić information content (AvgIpc) is 2.77. The summed E-state index contributed by atoms with van der Waals surface area (Å²) in [5.41, 5.74) is 4.07. The summed E-state index contributed by atoms with van der Waals surface area (Å²) < 4.78 is 0. The number of hydrogen-bond acceptors (Lipinski definition) is 2. The van der Waals surface area contributed by atoms with Crippen molar-refractivity contribution >= 4 is 0 Å². The Labute approximate surface area is 95.9 Å². The van der Waals surface area contributed by atoms with Gasteiger partial charge in [-0.25, -0.2) is 4.98 Å². The summed E-state index contributed by atoms with van der Waals surface area (Å²) in [6.45, 7) is 5.97. The molecule has 84 valence electrons. The molecule has 16 heavy (non-hydrogen) atoms. The SMILES string of the molecule is Cc1cccc(CNCc2ncc[nH]2)c1C. The molecular weight excluding hydrogens is 198 g/mol. The third-order valence-corrected chi connectivity index (χ3v) is 2.88. The highest BCUT2D eigenvalue weighted by molar-refractivity contribution is 5.32. The van der Waals surface area contributed by atoms with Gasteiger partial charge in [-0.1, -0.05) is 18.2 Å². The summed E-state index contributed by atoms with van der Waals surface area (Å²) >= 11 is 0. The fourth-order valence-corrected chi connectivity index (χ4v) is 1.71. The van der Waals surface area contributed by atoms with Crippen molar-refractivity contribution in [2.45, 2.75) is 26.9 Å². The predicted molar refractivity (Wildman–Crippen MR) is 65.0 cm³/mol. The highest BCUT2D eigenvalue weighted by atomic mass is 15.0. The fraction of sp³-hybridized carbons (Fsp3) is 0.308. The molecule has 1 heterocycles. The van der Waals surface area contributed by atoms with Crippen molar-refractivity contribution in [1.82, 2.24) is 15.3 Å². The molecule has 2 rings (SSSR count). The zero-order valence-electron chi connectivity index (χ0n) is 9.75. The van der Waals surface area contributed by atoms with E-state index in [1.807, 2.05) is 6.20 Å². The lowest BCUT2D eigenvalue weighted by Gasteiger charge is -2.08. The molecule has 0 saturated carbocycles. The van der Waals surface area contributed by atoms with Crippen LogP contribution in [0.25, 0.3) is 0 Å². The fourth-order valence-electron chi connectivity index (χ4n) is 1.71. The number of imidazole rings is 1. The minimum absolute atomic E-state index is 0.778. The number of nitrogens with zero attached hydrogens (tertiary/aromatic N) is 1. The minimum Gasteiger partial charge on any atom is -0.348 e. The quantitative estimate of drug-likeness (QED) is 0.821. The summed E-state index contributed by atoms with van der Waals surface area (Å²) in [5, 5.41) is 3.38. The molecule has 0 amide bonds. The first kappa shape index (κ1) is 10.9. The van der Waals surface area contributed by atoms with Gasteiger partial charge in [-0.15, -0.1) is 0 Å². The maximum absolute atomic E-state index is 4.17. The lowest BCUT2D eigenvalue weighted by Crippen LogP contribution is -2.14. The monoisotopic (exact) mass is 215 g/mol. The highest BCUT2D eigenvalue weighted by Crippen LogP contribution is 2.12. The van der Waals surface area contributed by atoms with Crippen molar-refractivity contribution in [3.05, 3.63) is 53.1 Å². The molecule has 3 nitrogen and oxygen atoms in total. The first-order chi connectivity index (χ1) is 7.77. The first-order valence-corrected chi connectivity index (χ1v) is 5.51. The van der Waals surface area contributed by atoms with Gasteiger partial charge in [-0.05, 0) is 30.5 Å². The minimum atomic E-state index is 0.778. The molecule has 0 radical (unpaired) electrons. The Balaban J connectivity index is 1.92. The Bertz CT molecular complexity index is 446. The number of aromatic nitrogens is 2. The molecule has 0 aliphatic heterocycles. The molecule has 0 bridgehead atoms. The molecule has 0 fully saturated rings. The van der Waals surface area contributed by atoms with Crippen LogP contribution in [0, 0.1) is 13.8 Å². The molecule has 1 aromatic carbocycles. The second kappa shape index (κ2) is 4.94. The predicted octanol–water partition coefficient (Wildman–Crippen LogP) is 2.32. The summed E-state index contributed by atoms with van der Waals surface area (Å²) in [6.07, 6.45) is 3.61. The molecule has 3 heteroatoms. The van der Waals surface area contributed by atoms with Crippen molar-refractivity contribution in [3.63, 3.8) is 0 Å². The molecule has 1 aromatic heterocycles. The summed E-state index contributed by atoms with van der Waals surface area (Å²) in [7, 11) is 0. The topological polar surface area (TPSA) is 40.7 Å². The van der Waals surface area contributed by atoms with Crippen molar-refractivity contribution in [3.8, 4) is 0 Å². The van der Waals surface area contributed by atoms with E-state index in [0.29, 0.717) is 0 Å². The number of rotatable bonds is 4. The van der Waals surface area contributed by atoms with Crippen LogP contribution in [0.2, 0.25) is 0 Å². The summed E-state index contributed by atoms with van der Waals surface area (Å²) in [6, 6.07) is 6.41. The smallest absolute Gasteiger partial charge is 0.120 e. The van der Waals surface area contributed by atoms with E-state index < -0.39 is 0 Å². The molecule has 0 aliphatic carbocycles. The van der Waals surface area contributed by atoms with E-state index in [2.05, 4.69) is 47.3 Å². The molecule has 0 saturated heterocycles. The van der Waals surface area contributed by atoms with Gasteiger partial charge in [0.25, 0.3) is 0 Å². The van der Waals surface area contributed by atoms with E-state index in [-0.39, 0.29) is 0 Å². The summed E-state index contributed by atoms with van der Waals surface area (Å²) in [5.74, 6) is 0.977. The number of aromatic amines is 1. The van der Waals surface area contributed by atoms with Gasteiger partial charge < -0.3 is 10.3 Å². The van der Waals surface area contributed by atoms with E-state index >= 15 is 0 Å². The highest BCUT2D eigenvalue weighted by Gasteiger charge is 2.00. The van der Waals surface area contributed by atoms with Crippen molar-refractivity contribution < 1.29 is 0 Å². The zero-order chi connectivity index (χ0) is 11.4. The van der Waals surface area contributed by atoms with Gasteiger partial charge in [0.05, 0.1) is 6.54 Å². The molecule has 0 aliphatic rings. The average molecular weight is 215 g/mol. The third-order valence-electron chi connectivity index (χ3n) is 2.88. The molecule has 2 N–H and O–H groups in total. The van der Waals surface area contributed by atoms with Gasteiger partial charge in [-0.2, -0.15) is 0 Å². The molecule has 0 spiro atoms. The van der Waals surface area contributed by atoms with Crippen LogP contribution in [-0.4, -0.2) is 9.97 Å². The van der Waals surface area contributed by atoms with Crippen LogP contribution in [-0.2, 0) is 13.1 Å². The first-order valence-electron chi connectivity index (χ1n) is 5.51. The normalized spacial score (nSPS) is 10.6. The molecular formula is C13H17N3. The van der Waals surface area contributed by atoms with Gasteiger partial charge in [0.1, 0.15) is 5.82 Å². The van der Waals surface area contributed by atoms with Crippen molar-refractivity contribution in [2.24, 2.45) is 0 Å². The van der Waals surface area contributed by atoms with Crippen LogP contribution in [0.1, 0.15) is 22.5 Å². The van der Waals surface area contributed by atoms with E-state index in [4.69, 9.17) is 0 Å². The second-order valence-electron chi connectivity index (χ2n) is 4.00. The molecule has 2 aromatic rings. The Morgan fingerprint density at radius 1 is 1.25 bits per heavy atom. The van der Waals surface area contributed by atoms with Crippen LogP contribution in [0.15, 0.2) is 30.6 Å². The van der Waals surface area contributed by atoms with Crippen LogP contribution in [0.4, 0.5) is 0 Å². The second-order valence-corrected chi connectivity index (χ2v) is 4.00. The van der Waals surface area contributed by atoms with Crippen LogP contribution in [0.3, 0.4) is 0 Å². The van der Waals surface area contributed by atoms with Gasteiger partial charge in [-0.3, -0.25) is 0 Å². The van der Waals surface area contributed by atoms with Gasteiger partial charge in [0.2, 0.25) is 0 Å². The number of aryl methyl sites for hydroxylation is 1. The van der Waals surface area contributed by atoms with Crippen molar-refractivity contribution in [1.29, 1.82) is 0 Å². The lowest BCUT2D eigenvalue weighted by molar-refractivity contribution is 0.666. The van der Waals surface area contributed by atoms with Crippen molar-refractivity contribution in [2.75, 3.05) is 0 Å². The standard InChI is InChI=1S/C13H17N3/c1-10-4-3-5-12(11(10)2)8-14-9-13-15-6-7-16-13/h3-7,14H,8-9H2,1-2H3,(H,15,16). The van der Waals surface area contributed by atoms with Crippen LogP contribution in [0.5, 0.6) is 0 Å². The zero-order valence-corrected chi connectivity index (χ0v) is 9.75. The van der Waals surface area contributed by atoms with Crippen LogP contribution >= 0.6 is 0 Å². The van der Waals surface area contributed by atoms with Gasteiger partial charge >= 0.3 is 0 Å². The number of hydrogen-bond donors (Lipinski definition) is 2. The maximum atomic E-state index is 4.17. The Kier molecular flexibility index (Phi) is 3.37. The number of benzene rings is 1. The Hall–Kier alpha value is -1.61. The van der Waals surface area contributed by atoms with Gasteiger partial charge in [0, 0.05) is 18.9 Å². The number of nitrogens with one attached hydrogen (secondary N) is 2. The molecule has 0 atom stereocenters.